The minimum Gasteiger partial charge on any atom is -0.361 e. The van der Waals surface area contributed by atoms with Crippen LogP contribution in [0.2, 0.25) is 0 Å². The highest BCUT2D eigenvalue weighted by Crippen LogP contribution is 2.32. The summed E-state index contributed by atoms with van der Waals surface area (Å²) in [6.07, 6.45) is 2.50. The number of aryl methyl sites for hydroxylation is 2. The van der Waals surface area contributed by atoms with Crippen molar-refractivity contribution in [2.45, 2.75) is 45.7 Å². The highest BCUT2D eigenvalue weighted by Gasteiger charge is 2.41. The average molecular weight is 277 g/mol. The van der Waals surface area contributed by atoms with Crippen LogP contribution in [0.4, 0.5) is 0 Å². The number of rotatable bonds is 4. The number of amides is 2. The van der Waals surface area contributed by atoms with Crippen molar-refractivity contribution in [3.63, 3.8) is 0 Å². The minimum absolute atomic E-state index is 0.0542. The maximum atomic E-state index is 12.2. The average Bonchev–Trinajstić information content (AvgIpc) is 3.11. The van der Waals surface area contributed by atoms with E-state index in [-0.39, 0.29) is 17.7 Å². The van der Waals surface area contributed by atoms with Gasteiger partial charge in [-0.2, -0.15) is 0 Å². The van der Waals surface area contributed by atoms with Crippen molar-refractivity contribution in [3.05, 3.63) is 17.0 Å². The largest absolute Gasteiger partial charge is 0.361 e. The highest BCUT2D eigenvalue weighted by atomic mass is 16.5. The molecule has 1 aromatic heterocycles. The first-order chi connectivity index (χ1) is 9.56. The molecule has 1 atom stereocenters. The van der Waals surface area contributed by atoms with Crippen molar-refractivity contribution in [1.82, 2.24) is 15.4 Å². The number of hydrogen-bond acceptors (Lipinski definition) is 4. The highest BCUT2D eigenvalue weighted by molar-refractivity contribution is 5.89. The van der Waals surface area contributed by atoms with Gasteiger partial charge in [-0.15, -0.1) is 0 Å². The predicted octanol–water partition coefficient (Wildman–Crippen LogP) is 0.919. The van der Waals surface area contributed by atoms with Crippen LogP contribution in [0.25, 0.3) is 0 Å². The summed E-state index contributed by atoms with van der Waals surface area (Å²) < 4.78 is 5.06. The molecular weight excluding hydrogens is 258 g/mol. The second-order valence-electron chi connectivity index (χ2n) is 5.70. The summed E-state index contributed by atoms with van der Waals surface area (Å²) in [5.74, 6) is 0.569. The smallest absolute Gasteiger partial charge is 0.225 e. The third-order valence-electron chi connectivity index (χ3n) is 4.14. The third-order valence-corrected chi connectivity index (χ3v) is 4.14. The Bertz CT molecular complexity index is 528. The number of carbonyl (C=O) groups is 2. The number of hydrogen-bond donors (Lipinski definition) is 1. The van der Waals surface area contributed by atoms with E-state index >= 15 is 0 Å². The molecule has 2 heterocycles. The zero-order valence-corrected chi connectivity index (χ0v) is 11.8. The van der Waals surface area contributed by atoms with Gasteiger partial charge in [0.05, 0.1) is 11.6 Å². The number of carbonyl (C=O) groups excluding carboxylic acids is 2. The van der Waals surface area contributed by atoms with Gasteiger partial charge >= 0.3 is 0 Å². The summed E-state index contributed by atoms with van der Waals surface area (Å²) in [6.45, 7) is 4.66. The number of likely N-dealkylation sites (tertiary alicyclic amines) is 1. The van der Waals surface area contributed by atoms with Crippen LogP contribution in [-0.4, -0.2) is 34.5 Å². The molecule has 1 aromatic rings. The zero-order valence-electron chi connectivity index (χ0n) is 11.8. The molecule has 20 heavy (non-hydrogen) atoms. The Hall–Kier alpha value is -1.85. The van der Waals surface area contributed by atoms with Crippen molar-refractivity contribution in [1.29, 1.82) is 0 Å². The van der Waals surface area contributed by atoms with E-state index < -0.39 is 0 Å². The SMILES string of the molecule is Cc1noc(C)c1CNC(=O)[C@@H]1CC(=O)N(C2CC2)C1. The van der Waals surface area contributed by atoms with E-state index in [0.29, 0.717) is 25.6 Å². The lowest BCUT2D eigenvalue weighted by Crippen LogP contribution is -2.33. The first kappa shape index (κ1) is 13.1. The monoisotopic (exact) mass is 277 g/mol. The Morgan fingerprint density at radius 2 is 2.20 bits per heavy atom. The van der Waals surface area contributed by atoms with E-state index in [2.05, 4.69) is 10.5 Å². The molecule has 1 saturated carbocycles. The molecule has 0 spiro atoms. The molecule has 3 rings (SSSR count). The van der Waals surface area contributed by atoms with Crippen molar-refractivity contribution >= 4 is 11.8 Å². The van der Waals surface area contributed by atoms with E-state index in [1.54, 1.807) is 0 Å². The zero-order chi connectivity index (χ0) is 14.3. The van der Waals surface area contributed by atoms with Gasteiger partial charge in [-0.1, -0.05) is 5.16 Å². The van der Waals surface area contributed by atoms with Gasteiger partial charge in [0.15, 0.2) is 0 Å². The van der Waals surface area contributed by atoms with Gasteiger partial charge in [-0.05, 0) is 26.7 Å². The van der Waals surface area contributed by atoms with E-state index in [9.17, 15) is 9.59 Å². The predicted molar refractivity (Wildman–Crippen MR) is 70.7 cm³/mol. The molecule has 6 heteroatoms. The fraction of sp³-hybridized carbons (Fsp3) is 0.643. The van der Waals surface area contributed by atoms with Crippen LogP contribution >= 0.6 is 0 Å². The molecule has 2 amide bonds. The Morgan fingerprint density at radius 3 is 2.80 bits per heavy atom. The molecule has 1 aliphatic heterocycles. The molecule has 108 valence electrons. The third kappa shape index (κ3) is 2.42. The summed E-state index contributed by atoms with van der Waals surface area (Å²) >= 11 is 0. The summed E-state index contributed by atoms with van der Waals surface area (Å²) in [7, 11) is 0. The second-order valence-corrected chi connectivity index (χ2v) is 5.70. The summed E-state index contributed by atoms with van der Waals surface area (Å²) in [5.41, 5.74) is 1.71. The Kier molecular flexibility index (Phi) is 3.23. The van der Waals surface area contributed by atoms with Crippen molar-refractivity contribution in [2.24, 2.45) is 5.92 Å². The molecule has 0 aromatic carbocycles. The fourth-order valence-electron chi connectivity index (χ4n) is 2.72. The van der Waals surface area contributed by atoms with E-state index in [0.717, 1.165) is 29.9 Å². The maximum Gasteiger partial charge on any atom is 0.225 e. The molecule has 2 fully saturated rings. The standard InChI is InChI=1S/C14H19N3O3/c1-8-12(9(2)20-16-8)6-15-14(19)10-5-13(18)17(7-10)11-3-4-11/h10-11H,3-7H2,1-2H3,(H,15,19)/t10-/m1/s1. The lowest BCUT2D eigenvalue weighted by molar-refractivity contribution is -0.129. The van der Waals surface area contributed by atoms with Crippen molar-refractivity contribution in [2.75, 3.05) is 6.54 Å². The Balaban J connectivity index is 1.56. The molecular formula is C14H19N3O3. The minimum atomic E-state index is -0.219. The summed E-state index contributed by atoms with van der Waals surface area (Å²) in [5, 5.41) is 6.75. The normalized spacial score (nSPS) is 22.4. The fourth-order valence-corrected chi connectivity index (χ4v) is 2.72. The van der Waals surface area contributed by atoms with E-state index in [1.807, 2.05) is 18.7 Å². The molecule has 6 nitrogen and oxygen atoms in total. The number of nitrogens with zero attached hydrogens (tertiary/aromatic N) is 2. The molecule has 1 saturated heterocycles. The Morgan fingerprint density at radius 1 is 1.45 bits per heavy atom. The van der Waals surface area contributed by atoms with Gasteiger partial charge in [0.25, 0.3) is 0 Å². The van der Waals surface area contributed by atoms with Crippen LogP contribution in [0.3, 0.4) is 0 Å². The van der Waals surface area contributed by atoms with Gasteiger partial charge in [0, 0.05) is 31.1 Å². The van der Waals surface area contributed by atoms with Crippen LogP contribution < -0.4 is 5.32 Å². The van der Waals surface area contributed by atoms with E-state index in [4.69, 9.17) is 4.52 Å². The Labute approximate surface area is 117 Å². The molecule has 1 N–H and O–H groups in total. The lowest BCUT2D eigenvalue weighted by Gasteiger charge is -2.15. The van der Waals surface area contributed by atoms with Gasteiger partial charge < -0.3 is 14.7 Å². The quantitative estimate of drug-likeness (QED) is 0.888. The van der Waals surface area contributed by atoms with Crippen LogP contribution in [0.1, 0.15) is 36.3 Å². The van der Waals surface area contributed by atoms with Crippen molar-refractivity contribution < 1.29 is 14.1 Å². The van der Waals surface area contributed by atoms with Crippen LogP contribution in [0.5, 0.6) is 0 Å². The summed E-state index contributed by atoms with van der Waals surface area (Å²) in [6, 6.07) is 0.392. The van der Waals surface area contributed by atoms with Gasteiger partial charge in [0.1, 0.15) is 5.76 Å². The van der Waals surface area contributed by atoms with Gasteiger partial charge in [-0.3, -0.25) is 9.59 Å². The van der Waals surface area contributed by atoms with Crippen LogP contribution in [-0.2, 0) is 16.1 Å². The molecule has 0 radical (unpaired) electrons. The number of aromatic nitrogens is 1. The first-order valence-corrected chi connectivity index (χ1v) is 7.05. The molecule has 0 bridgehead atoms. The lowest BCUT2D eigenvalue weighted by atomic mass is 10.1. The second kappa shape index (κ2) is 4.92. The molecule has 0 unspecified atom stereocenters. The van der Waals surface area contributed by atoms with Gasteiger partial charge in [0.2, 0.25) is 11.8 Å². The van der Waals surface area contributed by atoms with Crippen molar-refractivity contribution in [3.8, 4) is 0 Å². The number of nitrogens with one attached hydrogen (secondary N) is 1. The summed E-state index contributed by atoms with van der Waals surface area (Å²) in [4.78, 5) is 25.9. The first-order valence-electron chi connectivity index (χ1n) is 7.05. The van der Waals surface area contributed by atoms with E-state index in [1.165, 1.54) is 0 Å². The topological polar surface area (TPSA) is 75.4 Å². The van der Waals surface area contributed by atoms with Crippen LogP contribution in [0.15, 0.2) is 4.52 Å². The molecule has 1 aliphatic carbocycles. The van der Waals surface area contributed by atoms with Gasteiger partial charge in [-0.25, -0.2) is 0 Å². The maximum absolute atomic E-state index is 12.2. The molecule has 2 aliphatic rings. The van der Waals surface area contributed by atoms with Crippen LogP contribution in [0, 0.1) is 19.8 Å².